The van der Waals surface area contributed by atoms with E-state index in [-0.39, 0.29) is 5.41 Å². The Labute approximate surface area is 128 Å². The first kappa shape index (κ1) is 16.0. The molecular weight excluding hydrogens is 258 g/mol. The van der Waals surface area contributed by atoms with E-state index in [1.807, 2.05) is 25.1 Å². The SMILES string of the molecule is Cc1ccc(C(C)(O)C2(C#N)CCC(C)(C)CC2)cc1C. The van der Waals surface area contributed by atoms with Gasteiger partial charge in [-0.1, -0.05) is 32.0 Å². The second kappa shape index (κ2) is 5.14. The van der Waals surface area contributed by atoms with Gasteiger partial charge in [0.1, 0.15) is 5.60 Å². The summed E-state index contributed by atoms with van der Waals surface area (Å²) in [6.45, 7) is 10.4. The molecule has 0 aromatic heterocycles. The summed E-state index contributed by atoms with van der Waals surface area (Å²) in [5.74, 6) is 0. The zero-order valence-corrected chi connectivity index (χ0v) is 14.0. The molecule has 114 valence electrons. The lowest BCUT2D eigenvalue weighted by atomic mass is 9.58. The lowest BCUT2D eigenvalue weighted by Crippen LogP contribution is -2.46. The summed E-state index contributed by atoms with van der Waals surface area (Å²) in [6, 6.07) is 8.53. The van der Waals surface area contributed by atoms with Gasteiger partial charge < -0.3 is 5.11 Å². The maximum absolute atomic E-state index is 11.2. The van der Waals surface area contributed by atoms with E-state index in [9.17, 15) is 10.4 Å². The van der Waals surface area contributed by atoms with Crippen molar-refractivity contribution in [2.45, 2.75) is 65.9 Å². The third-order valence-corrected chi connectivity index (χ3v) is 5.67. The third-order valence-electron chi connectivity index (χ3n) is 5.67. The number of nitriles is 1. The minimum Gasteiger partial charge on any atom is -0.384 e. The molecule has 21 heavy (non-hydrogen) atoms. The average molecular weight is 285 g/mol. The summed E-state index contributed by atoms with van der Waals surface area (Å²) in [4.78, 5) is 0. The molecule has 0 bridgehead atoms. The first-order valence-electron chi connectivity index (χ1n) is 7.85. The summed E-state index contributed by atoms with van der Waals surface area (Å²) in [7, 11) is 0. The van der Waals surface area contributed by atoms with Crippen molar-refractivity contribution in [1.29, 1.82) is 5.26 Å². The number of aliphatic hydroxyl groups is 1. The Kier molecular flexibility index (Phi) is 3.93. The van der Waals surface area contributed by atoms with E-state index in [0.717, 1.165) is 36.8 Å². The fraction of sp³-hybridized carbons (Fsp3) is 0.632. The van der Waals surface area contributed by atoms with Crippen LogP contribution in [0.25, 0.3) is 0 Å². The van der Waals surface area contributed by atoms with Gasteiger partial charge in [0, 0.05) is 0 Å². The van der Waals surface area contributed by atoms with Crippen LogP contribution in [0, 0.1) is 36.0 Å². The molecule has 1 N–H and O–H groups in total. The van der Waals surface area contributed by atoms with Gasteiger partial charge in [0.2, 0.25) is 0 Å². The van der Waals surface area contributed by atoms with Crippen molar-refractivity contribution < 1.29 is 5.11 Å². The van der Waals surface area contributed by atoms with Crippen LogP contribution >= 0.6 is 0 Å². The largest absolute Gasteiger partial charge is 0.384 e. The molecule has 0 amide bonds. The van der Waals surface area contributed by atoms with Crippen LogP contribution in [0.2, 0.25) is 0 Å². The average Bonchev–Trinajstić information content (AvgIpc) is 2.42. The Morgan fingerprint density at radius 3 is 2.14 bits per heavy atom. The minimum atomic E-state index is -1.10. The van der Waals surface area contributed by atoms with Gasteiger partial charge in [0.25, 0.3) is 0 Å². The zero-order valence-electron chi connectivity index (χ0n) is 14.0. The lowest BCUT2D eigenvalue weighted by molar-refractivity contribution is -0.0773. The molecule has 0 spiro atoms. The van der Waals surface area contributed by atoms with E-state index < -0.39 is 11.0 Å². The van der Waals surface area contributed by atoms with Gasteiger partial charge in [-0.2, -0.15) is 5.26 Å². The van der Waals surface area contributed by atoms with Gasteiger partial charge in [0.15, 0.2) is 0 Å². The molecule has 1 unspecified atom stereocenters. The highest BCUT2D eigenvalue weighted by Gasteiger charge is 2.51. The lowest BCUT2D eigenvalue weighted by Gasteiger charge is -2.47. The summed E-state index contributed by atoms with van der Waals surface area (Å²) in [5.41, 5.74) is 1.75. The van der Waals surface area contributed by atoms with Crippen molar-refractivity contribution in [3.05, 3.63) is 34.9 Å². The van der Waals surface area contributed by atoms with Crippen LogP contribution in [0.1, 0.15) is 63.1 Å². The van der Waals surface area contributed by atoms with Crippen LogP contribution in [0.15, 0.2) is 18.2 Å². The van der Waals surface area contributed by atoms with Crippen LogP contribution in [0.4, 0.5) is 0 Å². The highest BCUT2D eigenvalue weighted by atomic mass is 16.3. The maximum atomic E-state index is 11.2. The molecule has 1 aromatic rings. The van der Waals surface area contributed by atoms with E-state index in [4.69, 9.17) is 0 Å². The predicted molar refractivity (Wildman–Crippen MR) is 85.8 cm³/mol. The highest BCUT2D eigenvalue weighted by molar-refractivity contribution is 5.36. The van der Waals surface area contributed by atoms with Crippen molar-refractivity contribution in [3.63, 3.8) is 0 Å². The van der Waals surface area contributed by atoms with Crippen molar-refractivity contribution >= 4 is 0 Å². The first-order chi connectivity index (χ1) is 9.63. The molecule has 2 nitrogen and oxygen atoms in total. The van der Waals surface area contributed by atoms with E-state index in [2.05, 4.69) is 33.8 Å². The molecule has 1 aliphatic carbocycles. The number of hydrogen-bond donors (Lipinski definition) is 1. The van der Waals surface area contributed by atoms with Crippen LogP contribution in [0.5, 0.6) is 0 Å². The molecule has 1 fully saturated rings. The van der Waals surface area contributed by atoms with E-state index in [1.54, 1.807) is 0 Å². The standard InChI is InChI=1S/C19H27NO/c1-14-6-7-16(12-15(14)2)18(5,21)19(13-20)10-8-17(3,4)9-11-19/h6-7,12,21H,8-11H2,1-5H3. The second-order valence-corrected chi connectivity index (χ2v) is 7.73. The number of rotatable bonds is 2. The Hall–Kier alpha value is -1.33. The highest BCUT2D eigenvalue weighted by Crippen LogP contribution is 2.53. The molecule has 1 atom stereocenters. The summed E-state index contributed by atoms with van der Waals surface area (Å²) >= 11 is 0. The van der Waals surface area contributed by atoms with E-state index in [0.29, 0.717) is 0 Å². The Bertz CT molecular complexity index is 568. The van der Waals surface area contributed by atoms with Gasteiger partial charge in [-0.25, -0.2) is 0 Å². The van der Waals surface area contributed by atoms with Crippen LogP contribution < -0.4 is 0 Å². The zero-order chi connectivity index (χ0) is 15.9. The minimum absolute atomic E-state index is 0.277. The molecular formula is C19H27NO. The smallest absolute Gasteiger partial charge is 0.105 e. The van der Waals surface area contributed by atoms with Crippen LogP contribution in [-0.2, 0) is 5.60 Å². The van der Waals surface area contributed by atoms with Gasteiger partial charge in [-0.15, -0.1) is 0 Å². The number of nitrogens with zero attached hydrogens (tertiary/aromatic N) is 1. The van der Waals surface area contributed by atoms with Crippen LogP contribution in [0.3, 0.4) is 0 Å². The van der Waals surface area contributed by atoms with E-state index in [1.165, 1.54) is 5.56 Å². The van der Waals surface area contributed by atoms with E-state index >= 15 is 0 Å². The quantitative estimate of drug-likeness (QED) is 0.861. The van der Waals surface area contributed by atoms with Crippen molar-refractivity contribution in [3.8, 4) is 6.07 Å². The Balaban J connectivity index is 2.41. The molecule has 1 aliphatic rings. The number of aryl methyl sites for hydroxylation is 2. The maximum Gasteiger partial charge on any atom is 0.105 e. The third kappa shape index (κ3) is 2.72. The fourth-order valence-electron chi connectivity index (χ4n) is 3.38. The second-order valence-electron chi connectivity index (χ2n) is 7.73. The van der Waals surface area contributed by atoms with Crippen molar-refractivity contribution in [2.24, 2.45) is 10.8 Å². The normalized spacial score (nSPS) is 23.1. The van der Waals surface area contributed by atoms with Crippen molar-refractivity contribution in [1.82, 2.24) is 0 Å². The molecule has 0 radical (unpaired) electrons. The first-order valence-corrected chi connectivity index (χ1v) is 7.85. The van der Waals surface area contributed by atoms with Gasteiger partial charge >= 0.3 is 0 Å². The summed E-state index contributed by atoms with van der Waals surface area (Å²) in [5, 5.41) is 21.0. The fourth-order valence-corrected chi connectivity index (χ4v) is 3.38. The molecule has 0 heterocycles. The number of benzene rings is 1. The molecule has 0 saturated heterocycles. The van der Waals surface area contributed by atoms with Gasteiger partial charge in [-0.3, -0.25) is 0 Å². The Morgan fingerprint density at radius 2 is 1.67 bits per heavy atom. The molecule has 1 aromatic carbocycles. The molecule has 2 heteroatoms. The van der Waals surface area contributed by atoms with Gasteiger partial charge in [0.05, 0.1) is 11.5 Å². The summed E-state index contributed by atoms with van der Waals surface area (Å²) in [6.07, 6.45) is 3.50. The topological polar surface area (TPSA) is 44.0 Å². The molecule has 1 saturated carbocycles. The van der Waals surface area contributed by atoms with Gasteiger partial charge in [-0.05, 0) is 68.6 Å². The number of hydrogen-bond acceptors (Lipinski definition) is 2. The predicted octanol–water partition coefficient (Wildman–Crippen LogP) is 4.62. The Morgan fingerprint density at radius 1 is 1.10 bits per heavy atom. The monoisotopic (exact) mass is 285 g/mol. The summed E-state index contributed by atoms with van der Waals surface area (Å²) < 4.78 is 0. The van der Waals surface area contributed by atoms with Crippen molar-refractivity contribution in [2.75, 3.05) is 0 Å². The van der Waals surface area contributed by atoms with Crippen LogP contribution in [-0.4, -0.2) is 5.11 Å². The molecule has 0 aliphatic heterocycles. The molecule has 2 rings (SSSR count).